The highest BCUT2D eigenvalue weighted by Crippen LogP contribution is 2.10. The summed E-state index contributed by atoms with van der Waals surface area (Å²) in [6.45, 7) is 6.40. The summed E-state index contributed by atoms with van der Waals surface area (Å²) in [6, 6.07) is -0.435. The van der Waals surface area contributed by atoms with Gasteiger partial charge in [0.1, 0.15) is 12.3 Å². The lowest BCUT2D eigenvalue weighted by molar-refractivity contribution is 0.0216. The van der Waals surface area contributed by atoms with Gasteiger partial charge in [-0.05, 0) is 27.7 Å². The number of hydrogen-bond donors (Lipinski definition) is 0. The minimum absolute atomic E-state index is 0.435. The summed E-state index contributed by atoms with van der Waals surface area (Å²) < 4.78 is 17.2. The Bertz CT molecular complexity index is 177. The molecule has 0 spiro atoms. The zero-order valence-electron chi connectivity index (χ0n) is 8.93. The fourth-order valence-electron chi connectivity index (χ4n) is 0.617. The van der Waals surface area contributed by atoms with Crippen LogP contribution in [0.2, 0.25) is 0 Å². The van der Waals surface area contributed by atoms with E-state index >= 15 is 0 Å². The van der Waals surface area contributed by atoms with Gasteiger partial charge in [-0.1, -0.05) is 0 Å². The van der Waals surface area contributed by atoms with E-state index in [9.17, 15) is 9.18 Å². The van der Waals surface area contributed by atoms with E-state index in [1.807, 2.05) is 0 Å². The second kappa shape index (κ2) is 4.44. The first kappa shape index (κ1) is 12.2. The summed E-state index contributed by atoms with van der Waals surface area (Å²) in [5, 5.41) is 0. The average molecular weight is 191 g/mol. The molecule has 0 saturated carbocycles. The average Bonchev–Trinajstić information content (AvgIpc) is 1.98. The maximum absolute atomic E-state index is 12.2. The molecule has 0 aliphatic heterocycles. The highest BCUT2D eigenvalue weighted by atomic mass is 19.1. The standard InChI is InChI=1S/C9H18FNO2/c1-7(6-10)11(5)8(12)13-9(2,3)4/h7H,6H2,1-5H3. The van der Waals surface area contributed by atoms with E-state index in [0.29, 0.717) is 0 Å². The number of carbonyl (C=O) groups is 1. The summed E-state index contributed by atoms with van der Waals surface area (Å²) in [6.07, 6.45) is -0.488. The maximum Gasteiger partial charge on any atom is 0.410 e. The van der Waals surface area contributed by atoms with Crippen LogP contribution in [0.15, 0.2) is 0 Å². The van der Waals surface area contributed by atoms with Crippen LogP contribution in [0.4, 0.5) is 9.18 Å². The van der Waals surface area contributed by atoms with E-state index in [0.717, 1.165) is 0 Å². The van der Waals surface area contributed by atoms with Gasteiger partial charge in [0.2, 0.25) is 0 Å². The van der Waals surface area contributed by atoms with Crippen LogP contribution < -0.4 is 0 Å². The molecule has 0 aliphatic carbocycles. The smallest absolute Gasteiger partial charge is 0.410 e. The van der Waals surface area contributed by atoms with Gasteiger partial charge in [0, 0.05) is 7.05 Å². The van der Waals surface area contributed by atoms with Gasteiger partial charge in [0.15, 0.2) is 0 Å². The summed E-state index contributed by atoms with van der Waals surface area (Å²) in [7, 11) is 1.53. The largest absolute Gasteiger partial charge is 0.444 e. The van der Waals surface area contributed by atoms with Gasteiger partial charge in [-0.3, -0.25) is 0 Å². The first-order chi connectivity index (χ1) is 5.78. The molecule has 0 aromatic rings. The number of amides is 1. The lowest BCUT2D eigenvalue weighted by Crippen LogP contribution is -2.40. The molecule has 0 aliphatic rings. The Morgan fingerprint density at radius 1 is 1.54 bits per heavy atom. The van der Waals surface area contributed by atoms with E-state index in [4.69, 9.17) is 4.74 Å². The third kappa shape index (κ3) is 4.70. The van der Waals surface area contributed by atoms with Gasteiger partial charge < -0.3 is 9.64 Å². The molecule has 1 amide bonds. The van der Waals surface area contributed by atoms with Crippen molar-refractivity contribution < 1.29 is 13.9 Å². The second-order valence-corrected chi connectivity index (χ2v) is 4.09. The topological polar surface area (TPSA) is 29.5 Å². The lowest BCUT2D eigenvalue weighted by Gasteiger charge is -2.27. The van der Waals surface area contributed by atoms with Crippen LogP contribution in [-0.4, -0.2) is 36.4 Å². The highest BCUT2D eigenvalue weighted by molar-refractivity contribution is 5.68. The molecule has 0 radical (unpaired) electrons. The van der Waals surface area contributed by atoms with E-state index in [2.05, 4.69) is 0 Å². The van der Waals surface area contributed by atoms with E-state index in [-0.39, 0.29) is 0 Å². The van der Waals surface area contributed by atoms with Crippen molar-refractivity contribution in [3.63, 3.8) is 0 Å². The number of carbonyl (C=O) groups excluding carboxylic acids is 1. The van der Waals surface area contributed by atoms with Crippen molar-refractivity contribution in [3.05, 3.63) is 0 Å². The van der Waals surface area contributed by atoms with E-state index in [1.165, 1.54) is 11.9 Å². The molecule has 0 aromatic heterocycles. The molecule has 0 saturated heterocycles. The number of hydrogen-bond acceptors (Lipinski definition) is 2. The normalized spacial score (nSPS) is 13.7. The SMILES string of the molecule is CC(CF)N(C)C(=O)OC(C)(C)C. The molecule has 78 valence electrons. The number of ether oxygens (including phenoxy) is 1. The second-order valence-electron chi connectivity index (χ2n) is 4.09. The molecule has 1 unspecified atom stereocenters. The van der Waals surface area contributed by atoms with Crippen molar-refractivity contribution in [3.8, 4) is 0 Å². The Morgan fingerprint density at radius 3 is 2.31 bits per heavy atom. The molecule has 0 rings (SSSR count). The van der Waals surface area contributed by atoms with Crippen LogP contribution in [0.5, 0.6) is 0 Å². The van der Waals surface area contributed by atoms with Crippen LogP contribution in [0, 0.1) is 0 Å². The number of alkyl halides is 1. The molecule has 3 nitrogen and oxygen atoms in total. The van der Waals surface area contributed by atoms with Crippen LogP contribution in [0.25, 0.3) is 0 Å². The predicted octanol–water partition coefficient (Wildman–Crippen LogP) is 2.21. The van der Waals surface area contributed by atoms with Crippen LogP contribution in [-0.2, 0) is 4.74 Å². The molecule has 1 atom stereocenters. The van der Waals surface area contributed by atoms with Gasteiger partial charge in [0.25, 0.3) is 0 Å². The number of rotatable bonds is 2. The molecular weight excluding hydrogens is 173 g/mol. The minimum atomic E-state index is -0.560. The number of nitrogens with zero attached hydrogens (tertiary/aromatic N) is 1. The summed E-state index contributed by atoms with van der Waals surface area (Å²) in [4.78, 5) is 12.6. The predicted molar refractivity (Wildman–Crippen MR) is 49.4 cm³/mol. The molecule has 0 heterocycles. The van der Waals surface area contributed by atoms with Crippen molar-refractivity contribution in [2.45, 2.75) is 39.3 Å². The fourth-order valence-corrected chi connectivity index (χ4v) is 0.617. The molecular formula is C9H18FNO2. The third-order valence-corrected chi connectivity index (χ3v) is 1.57. The minimum Gasteiger partial charge on any atom is -0.444 e. The zero-order valence-corrected chi connectivity index (χ0v) is 8.93. The Morgan fingerprint density at radius 2 is 2.00 bits per heavy atom. The molecule has 0 aromatic carbocycles. The van der Waals surface area contributed by atoms with Crippen LogP contribution in [0.3, 0.4) is 0 Å². The van der Waals surface area contributed by atoms with Gasteiger partial charge in [0.05, 0.1) is 6.04 Å². The quantitative estimate of drug-likeness (QED) is 0.669. The Kier molecular flexibility index (Phi) is 4.17. The Balaban J connectivity index is 4.12. The first-order valence-electron chi connectivity index (χ1n) is 4.29. The third-order valence-electron chi connectivity index (χ3n) is 1.57. The Hall–Kier alpha value is -0.800. The van der Waals surface area contributed by atoms with Crippen molar-refractivity contribution in [2.75, 3.05) is 13.7 Å². The van der Waals surface area contributed by atoms with E-state index in [1.54, 1.807) is 27.7 Å². The van der Waals surface area contributed by atoms with Crippen LogP contribution in [0.1, 0.15) is 27.7 Å². The molecule has 4 heteroatoms. The molecule has 0 bridgehead atoms. The maximum atomic E-state index is 12.2. The number of halogens is 1. The zero-order chi connectivity index (χ0) is 10.6. The van der Waals surface area contributed by atoms with Gasteiger partial charge in [-0.2, -0.15) is 0 Å². The van der Waals surface area contributed by atoms with E-state index < -0.39 is 24.4 Å². The van der Waals surface area contributed by atoms with Crippen LogP contribution >= 0.6 is 0 Å². The molecule has 13 heavy (non-hydrogen) atoms. The van der Waals surface area contributed by atoms with Crippen molar-refractivity contribution >= 4 is 6.09 Å². The highest BCUT2D eigenvalue weighted by Gasteiger charge is 2.22. The lowest BCUT2D eigenvalue weighted by atomic mass is 10.2. The summed E-state index contributed by atoms with van der Waals surface area (Å²) in [5.41, 5.74) is -0.526. The molecule has 0 N–H and O–H groups in total. The summed E-state index contributed by atoms with van der Waals surface area (Å²) >= 11 is 0. The monoisotopic (exact) mass is 191 g/mol. The molecule has 0 fully saturated rings. The van der Waals surface area contributed by atoms with Crippen molar-refractivity contribution in [2.24, 2.45) is 0 Å². The van der Waals surface area contributed by atoms with Crippen molar-refractivity contribution in [1.29, 1.82) is 0 Å². The van der Waals surface area contributed by atoms with Gasteiger partial charge in [-0.15, -0.1) is 0 Å². The van der Waals surface area contributed by atoms with Crippen molar-refractivity contribution in [1.82, 2.24) is 4.90 Å². The fraction of sp³-hybridized carbons (Fsp3) is 0.889. The van der Waals surface area contributed by atoms with Gasteiger partial charge >= 0.3 is 6.09 Å². The first-order valence-corrected chi connectivity index (χ1v) is 4.29. The summed E-state index contributed by atoms with van der Waals surface area (Å²) in [5.74, 6) is 0. The Labute approximate surface area is 78.9 Å². The van der Waals surface area contributed by atoms with Gasteiger partial charge in [-0.25, -0.2) is 9.18 Å².